The first kappa shape index (κ1) is 14.4. The van der Waals surface area contributed by atoms with Crippen molar-refractivity contribution in [3.8, 4) is 0 Å². The average Bonchev–Trinajstić information content (AvgIpc) is 2.77. The summed E-state index contributed by atoms with van der Waals surface area (Å²) in [5.74, 6) is -0.967. The lowest BCUT2D eigenvalue weighted by Crippen LogP contribution is -2.44. The zero-order chi connectivity index (χ0) is 14.0. The molecule has 0 aromatic carbocycles. The summed E-state index contributed by atoms with van der Waals surface area (Å²) in [5, 5.41) is 8.69. The highest BCUT2D eigenvalue weighted by Crippen LogP contribution is 2.26. The number of morpholine rings is 1. The predicted octanol–water partition coefficient (Wildman–Crippen LogP) is 0.785. The Balaban J connectivity index is 2.19. The van der Waals surface area contributed by atoms with Gasteiger partial charge in [-0.15, -0.1) is 11.3 Å². The number of nitrogens with zero attached hydrogens (tertiary/aromatic N) is 1. The molecule has 0 aliphatic carbocycles. The molecule has 1 unspecified atom stereocenters. The summed E-state index contributed by atoms with van der Waals surface area (Å²) in [6.07, 6.45) is -0.276. The zero-order valence-corrected chi connectivity index (χ0v) is 12.0. The third-order valence-corrected chi connectivity index (χ3v) is 6.18. The first-order chi connectivity index (χ1) is 8.89. The Hall–Kier alpha value is -0.960. The molecule has 1 fully saturated rings. The standard InChI is InChI=1S/C11H15NO5S2/c1-8-7-12(4-5-17-8)19(15,16)11-3-2-9(18-11)6-10(13)14/h2-3,8H,4-7H2,1H3,(H,13,14). The van der Waals surface area contributed by atoms with E-state index in [9.17, 15) is 13.2 Å². The van der Waals surface area contributed by atoms with Gasteiger partial charge >= 0.3 is 5.97 Å². The van der Waals surface area contributed by atoms with Crippen LogP contribution in [0, 0.1) is 0 Å². The van der Waals surface area contributed by atoms with Crippen molar-refractivity contribution < 1.29 is 23.1 Å². The summed E-state index contributed by atoms with van der Waals surface area (Å²) in [7, 11) is -3.53. The smallest absolute Gasteiger partial charge is 0.308 e. The molecule has 1 aliphatic heterocycles. The van der Waals surface area contributed by atoms with E-state index in [1.54, 1.807) is 6.07 Å². The van der Waals surface area contributed by atoms with Crippen LogP contribution in [0.4, 0.5) is 0 Å². The van der Waals surface area contributed by atoms with E-state index in [0.717, 1.165) is 11.3 Å². The molecule has 2 heterocycles. The number of carboxylic acids is 1. The van der Waals surface area contributed by atoms with Crippen LogP contribution in [-0.2, 0) is 26.0 Å². The Morgan fingerprint density at radius 1 is 1.58 bits per heavy atom. The molecule has 2 rings (SSSR count). The minimum absolute atomic E-state index is 0.123. The van der Waals surface area contributed by atoms with Crippen LogP contribution in [0.25, 0.3) is 0 Å². The SMILES string of the molecule is CC1CN(S(=O)(=O)c2ccc(CC(=O)O)s2)CCO1. The number of carboxylic acid groups (broad SMARTS) is 1. The van der Waals surface area contributed by atoms with Crippen molar-refractivity contribution in [1.29, 1.82) is 0 Å². The number of rotatable bonds is 4. The van der Waals surface area contributed by atoms with Gasteiger partial charge in [0.2, 0.25) is 0 Å². The van der Waals surface area contributed by atoms with E-state index in [2.05, 4.69) is 0 Å². The maximum Gasteiger partial charge on any atom is 0.308 e. The van der Waals surface area contributed by atoms with Gasteiger partial charge in [0.15, 0.2) is 0 Å². The van der Waals surface area contributed by atoms with Crippen LogP contribution < -0.4 is 0 Å². The fraction of sp³-hybridized carbons (Fsp3) is 0.545. The first-order valence-electron chi connectivity index (χ1n) is 5.82. The van der Waals surface area contributed by atoms with Crippen molar-refractivity contribution in [2.45, 2.75) is 23.7 Å². The number of sulfonamides is 1. The fourth-order valence-electron chi connectivity index (χ4n) is 1.87. The molecule has 1 saturated heterocycles. The first-order valence-corrected chi connectivity index (χ1v) is 8.07. The van der Waals surface area contributed by atoms with Gasteiger partial charge in [-0.25, -0.2) is 8.42 Å². The van der Waals surface area contributed by atoms with E-state index in [1.807, 2.05) is 6.92 Å². The molecule has 106 valence electrons. The lowest BCUT2D eigenvalue weighted by Gasteiger charge is -2.29. The molecular formula is C11H15NO5S2. The Morgan fingerprint density at radius 3 is 2.95 bits per heavy atom. The molecule has 0 amide bonds. The third-order valence-electron chi connectivity index (χ3n) is 2.76. The van der Waals surface area contributed by atoms with Crippen LogP contribution >= 0.6 is 11.3 Å². The fourth-order valence-corrected chi connectivity index (χ4v) is 4.87. The Labute approximate surface area is 115 Å². The van der Waals surface area contributed by atoms with Gasteiger partial charge in [-0.1, -0.05) is 0 Å². The molecule has 1 atom stereocenters. The van der Waals surface area contributed by atoms with Gasteiger partial charge in [0, 0.05) is 18.0 Å². The van der Waals surface area contributed by atoms with E-state index in [-0.39, 0.29) is 16.7 Å². The highest BCUT2D eigenvalue weighted by molar-refractivity contribution is 7.91. The molecule has 1 aromatic rings. The summed E-state index contributed by atoms with van der Waals surface area (Å²) in [6, 6.07) is 3.02. The van der Waals surface area contributed by atoms with Gasteiger partial charge in [-0.05, 0) is 19.1 Å². The zero-order valence-electron chi connectivity index (χ0n) is 10.4. The number of aliphatic carboxylic acids is 1. The maximum absolute atomic E-state index is 12.4. The van der Waals surface area contributed by atoms with Crippen molar-refractivity contribution in [1.82, 2.24) is 4.31 Å². The molecule has 0 saturated carbocycles. The monoisotopic (exact) mass is 305 g/mol. The number of hydrogen-bond acceptors (Lipinski definition) is 5. The van der Waals surface area contributed by atoms with E-state index in [1.165, 1.54) is 10.4 Å². The van der Waals surface area contributed by atoms with E-state index in [4.69, 9.17) is 9.84 Å². The van der Waals surface area contributed by atoms with Crippen molar-refractivity contribution in [2.24, 2.45) is 0 Å². The molecule has 1 aromatic heterocycles. The summed E-state index contributed by atoms with van der Waals surface area (Å²) >= 11 is 1.01. The second-order valence-corrected chi connectivity index (χ2v) is 7.67. The van der Waals surface area contributed by atoms with Gasteiger partial charge in [0.25, 0.3) is 10.0 Å². The Morgan fingerprint density at radius 2 is 2.32 bits per heavy atom. The van der Waals surface area contributed by atoms with Crippen molar-refractivity contribution in [3.05, 3.63) is 17.0 Å². The van der Waals surface area contributed by atoms with Crippen LogP contribution in [0.3, 0.4) is 0 Å². The molecule has 0 radical (unpaired) electrons. The lowest BCUT2D eigenvalue weighted by atomic mass is 10.3. The molecule has 1 N–H and O–H groups in total. The second kappa shape index (κ2) is 5.58. The summed E-state index contributed by atoms with van der Waals surface area (Å²) in [4.78, 5) is 11.1. The number of hydrogen-bond donors (Lipinski definition) is 1. The molecule has 0 bridgehead atoms. The molecule has 6 nitrogen and oxygen atoms in total. The van der Waals surface area contributed by atoms with Crippen molar-refractivity contribution in [3.63, 3.8) is 0 Å². The minimum Gasteiger partial charge on any atom is -0.481 e. The maximum atomic E-state index is 12.4. The summed E-state index contributed by atoms with van der Waals surface area (Å²) < 4.78 is 31.6. The van der Waals surface area contributed by atoms with Gasteiger partial charge < -0.3 is 9.84 Å². The largest absolute Gasteiger partial charge is 0.481 e. The Kier molecular flexibility index (Phi) is 4.24. The quantitative estimate of drug-likeness (QED) is 0.889. The highest BCUT2D eigenvalue weighted by atomic mass is 32.2. The van der Waals surface area contributed by atoms with Gasteiger partial charge in [-0.3, -0.25) is 4.79 Å². The van der Waals surface area contributed by atoms with Crippen LogP contribution in [0.1, 0.15) is 11.8 Å². The number of carbonyl (C=O) groups is 1. The van der Waals surface area contributed by atoms with E-state index >= 15 is 0 Å². The van der Waals surface area contributed by atoms with Crippen LogP contribution in [0.15, 0.2) is 16.3 Å². The molecule has 19 heavy (non-hydrogen) atoms. The highest BCUT2D eigenvalue weighted by Gasteiger charge is 2.30. The van der Waals surface area contributed by atoms with Crippen LogP contribution in [0.5, 0.6) is 0 Å². The molecule has 0 spiro atoms. The van der Waals surface area contributed by atoms with Crippen LogP contribution in [-0.4, -0.2) is 49.6 Å². The summed E-state index contributed by atoms with van der Waals surface area (Å²) in [5.41, 5.74) is 0. The van der Waals surface area contributed by atoms with E-state index < -0.39 is 16.0 Å². The molecule has 8 heteroatoms. The normalized spacial score (nSPS) is 21.4. The van der Waals surface area contributed by atoms with Crippen LogP contribution in [0.2, 0.25) is 0 Å². The number of ether oxygens (including phenoxy) is 1. The van der Waals surface area contributed by atoms with Crippen molar-refractivity contribution >= 4 is 27.3 Å². The van der Waals surface area contributed by atoms with Gasteiger partial charge in [0.1, 0.15) is 4.21 Å². The van der Waals surface area contributed by atoms with Gasteiger partial charge in [-0.2, -0.15) is 4.31 Å². The predicted molar refractivity (Wildman–Crippen MR) is 69.8 cm³/mol. The summed E-state index contributed by atoms with van der Waals surface area (Å²) in [6.45, 7) is 2.87. The lowest BCUT2D eigenvalue weighted by molar-refractivity contribution is -0.136. The average molecular weight is 305 g/mol. The van der Waals surface area contributed by atoms with Gasteiger partial charge in [0.05, 0.1) is 19.1 Å². The molecular weight excluding hydrogens is 290 g/mol. The van der Waals surface area contributed by atoms with Crippen molar-refractivity contribution in [2.75, 3.05) is 19.7 Å². The third kappa shape index (κ3) is 3.33. The number of thiophene rings is 1. The molecule has 1 aliphatic rings. The Bertz CT molecular complexity index is 565. The minimum atomic E-state index is -3.53. The topological polar surface area (TPSA) is 83.9 Å². The second-order valence-electron chi connectivity index (χ2n) is 4.34. The van der Waals surface area contributed by atoms with E-state index in [0.29, 0.717) is 24.6 Å².